The molecule has 412 valence electrons. The van der Waals surface area contributed by atoms with Gasteiger partial charge in [-0.25, -0.2) is 0 Å². The maximum atomic E-state index is 12.8. The smallest absolute Gasteiger partial charge is 0.306 e. The van der Waals surface area contributed by atoms with Gasteiger partial charge in [0.2, 0.25) is 0 Å². The van der Waals surface area contributed by atoms with E-state index in [0.29, 0.717) is 19.3 Å². The lowest BCUT2D eigenvalue weighted by Gasteiger charge is -2.18. The molecule has 0 rings (SSSR count). The minimum absolute atomic E-state index is 0.0678. The van der Waals surface area contributed by atoms with Crippen LogP contribution in [0.15, 0.2) is 60.8 Å². The van der Waals surface area contributed by atoms with Crippen LogP contribution in [0, 0.1) is 0 Å². The van der Waals surface area contributed by atoms with Gasteiger partial charge >= 0.3 is 17.9 Å². The summed E-state index contributed by atoms with van der Waals surface area (Å²) in [4.78, 5) is 38.1. The molecule has 0 aromatic heterocycles. The van der Waals surface area contributed by atoms with E-state index < -0.39 is 6.10 Å². The lowest BCUT2D eigenvalue weighted by molar-refractivity contribution is -0.167. The standard InChI is InChI=1S/C65H116O6/c1-4-7-10-13-16-19-22-23-24-25-26-27-28-29-30-31-32-33-34-35-36-37-38-39-40-41-44-46-49-52-55-58-64(67)70-61-62(71-65(68)59-56-53-50-47-43-21-18-15-12-9-6-3)60-69-63(66)57-54-51-48-45-42-20-17-14-11-8-5-2/h7,10,16,19,23-24,26-27,29-30,62H,4-6,8-9,11-15,17-18,20-22,25,28,31-61H2,1-3H3/b10-7-,19-16-,24-23-,27-26-,30-29-. The van der Waals surface area contributed by atoms with Gasteiger partial charge < -0.3 is 14.2 Å². The van der Waals surface area contributed by atoms with Gasteiger partial charge in [-0.2, -0.15) is 0 Å². The minimum atomic E-state index is -0.767. The Kier molecular flexibility index (Phi) is 57.2. The van der Waals surface area contributed by atoms with E-state index in [-0.39, 0.29) is 31.1 Å². The van der Waals surface area contributed by atoms with E-state index in [9.17, 15) is 14.4 Å². The lowest BCUT2D eigenvalue weighted by Crippen LogP contribution is -2.30. The third kappa shape index (κ3) is 57.9. The Bertz CT molecular complexity index is 1280. The summed E-state index contributed by atoms with van der Waals surface area (Å²) in [5.74, 6) is -0.854. The second kappa shape index (κ2) is 59.7. The van der Waals surface area contributed by atoms with Gasteiger partial charge in [0.25, 0.3) is 0 Å². The first-order valence-corrected chi connectivity index (χ1v) is 30.8. The van der Waals surface area contributed by atoms with Crippen LogP contribution < -0.4 is 0 Å². The average molecular weight is 994 g/mol. The molecular weight excluding hydrogens is 877 g/mol. The van der Waals surface area contributed by atoms with Gasteiger partial charge in [0.05, 0.1) is 0 Å². The highest BCUT2D eigenvalue weighted by atomic mass is 16.6. The van der Waals surface area contributed by atoms with Crippen LogP contribution in [-0.4, -0.2) is 37.2 Å². The van der Waals surface area contributed by atoms with Crippen LogP contribution in [0.2, 0.25) is 0 Å². The first-order chi connectivity index (χ1) is 35.0. The molecule has 71 heavy (non-hydrogen) atoms. The number of unbranched alkanes of at least 4 members (excludes halogenated alkanes) is 35. The highest BCUT2D eigenvalue weighted by Gasteiger charge is 2.19. The number of rotatable bonds is 56. The highest BCUT2D eigenvalue weighted by Crippen LogP contribution is 2.17. The number of hydrogen-bond acceptors (Lipinski definition) is 6. The molecule has 0 saturated heterocycles. The second-order valence-electron chi connectivity index (χ2n) is 20.6. The zero-order chi connectivity index (χ0) is 51.4. The molecule has 0 bridgehead atoms. The van der Waals surface area contributed by atoms with E-state index in [0.717, 1.165) is 89.9 Å². The summed E-state index contributed by atoms with van der Waals surface area (Å²) in [6.07, 6.45) is 75.2. The van der Waals surface area contributed by atoms with E-state index in [1.165, 1.54) is 186 Å². The average Bonchev–Trinajstić information content (AvgIpc) is 3.37. The van der Waals surface area contributed by atoms with Crippen molar-refractivity contribution in [3.8, 4) is 0 Å². The summed E-state index contributed by atoms with van der Waals surface area (Å²) in [5.41, 5.74) is 0. The van der Waals surface area contributed by atoms with Crippen molar-refractivity contribution in [2.45, 2.75) is 322 Å². The molecule has 6 heteroatoms. The van der Waals surface area contributed by atoms with E-state index in [4.69, 9.17) is 14.2 Å². The van der Waals surface area contributed by atoms with Crippen molar-refractivity contribution in [1.82, 2.24) is 0 Å². The molecule has 0 aliphatic heterocycles. The second-order valence-corrected chi connectivity index (χ2v) is 20.6. The molecule has 6 nitrogen and oxygen atoms in total. The maximum absolute atomic E-state index is 12.8. The van der Waals surface area contributed by atoms with E-state index >= 15 is 0 Å². The fraction of sp³-hybridized carbons (Fsp3) is 0.800. The number of allylic oxidation sites excluding steroid dienone is 10. The maximum Gasteiger partial charge on any atom is 0.306 e. The molecule has 1 unspecified atom stereocenters. The summed E-state index contributed by atoms with van der Waals surface area (Å²) in [5, 5.41) is 0. The molecule has 0 aromatic rings. The SMILES string of the molecule is CC/C=C\C/C=C\C/C=C\C/C=C\C/C=C\CCCCCCCCCCCCCCCCCC(=O)OCC(COC(=O)CCCCCCCCCCCCC)OC(=O)CCCCCCCCCCCCC. The van der Waals surface area contributed by atoms with Crippen molar-refractivity contribution < 1.29 is 28.6 Å². The Morgan fingerprint density at radius 2 is 0.549 bits per heavy atom. The van der Waals surface area contributed by atoms with Gasteiger partial charge in [-0.1, -0.05) is 293 Å². The highest BCUT2D eigenvalue weighted by molar-refractivity contribution is 5.71. The summed E-state index contributed by atoms with van der Waals surface area (Å²) >= 11 is 0. The molecule has 0 spiro atoms. The van der Waals surface area contributed by atoms with Crippen molar-refractivity contribution in [1.29, 1.82) is 0 Å². The number of ether oxygens (including phenoxy) is 3. The molecule has 0 aliphatic rings. The van der Waals surface area contributed by atoms with Crippen molar-refractivity contribution in [2.75, 3.05) is 13.2 Å². The van der Waals surface area contributed by atoms with E-state index in [1.807, 2.05) is 0 Å². The fourth-order valence-corrected chi connectivity index (χ4v) is 8.94. The number of carbonyl (C=O) groups is 3. The van der Waals surface area contributed by atoms with Crippen molar-refractivity contribution in [2.24, 2.45) is 0 Å². The van der Waals surface area contributed by atoms with Gasteiger partial charge in [-0.3, -0.25) is 14.4 Å². The Morgan fingerprint density at radius 1 is 0.296 bits per heavy atom. The molecule has 0 N–H and O–H groups in total. The predicted molar refractivity (Wildman–Crippen MR) is 307 cm³/mol. The first-order valence-electron chi connectivity index (χ1n) is 30.8. The molecule has 0 saturated carbocycles. The Balaban J connectivity index is 4.07. The molecular formula is C65H116O6. The van der Waals surface area contributed by atoms with Gasteiger partial charge in [-0.05, 0) is 64.2 Å². The summed E-state index contributed by atoms with van der Waals surface area (Å²) < 4.78 is 16.8. The van der Waals surface area contributed by atoms with Crippen LogP contribution in [0.3, 0.4) is 0 Å². The topological polar surface area (TPSA) is 78.9 Å². The number of carbonyl (C=O) groups excluding carboxylic acids is 3. The first kappa shape index (κ1) is 68.1. The molecule has 1 atom stereocenters. The molecule has 0 amide bonds. The third-order valence-corrected chi connectivity index (χ3v) is 13.5. The number of hydrogen-bond donors (Lipinski definition) is 0. The zero-order valence-corrected chi connectivity index (χ0v) is 47.2. The predicted octanol–water partition coefficient (Wildman–Crippen LogP) is 20.8. The Labute approximate surface area is 440 Å². The van der Waals surface area contributed by atoms with Crippen molar-refractivity contribution in [3.05, 3.63) is 60.8 Å². The van der Waals surface area contributed by atoms with Crippen molar-refractivity contribution in [3.63, 3.8) is 0 Å². The molecule has 0 fully saturated rings. The summed E-state index contributed by atoms with van der Waals surface area (Å²) in [6.45, 7) is 6.54. The normalized spacial score (nSPS) is 12.4. The van der Waals surface area contributed by atoms with Crippen LogP contribution in [0.1, 0.15) is 316 Å². The van der Waals surface area contributed by atoms with Crippen molar-refractivity contribution >= 4 is 17.9 Å². The largest absolute Gasteiger partial charge is 0.462 e. The fourth-order valence-electron chi connectivity index (χ4n) is 8.94. The Morgan fingerprint density at radius 3 is 0.859 bits per heavy atom. The van der Waals surface area contributed by atoms with Crippen LogP contribution in [0.4, 0.5) is 0 Å². The van der Waals surface area contributed by atoms with Gasteiger partial charge in [-0.15, -0.1) is 0 Å². The van der Waals surface area contributed by atoms with Crippen LogP contribution in [-0.2, 0) is 28.6 Å². The van der Waals surface area contributed by atoms with Crippen LogP contribution in [0.5, 0.6) is 0 Å². The van der Waals surface area contributed by atoms with Gasteiger partial charge in [0, 0.05) is 19.3 Å². The van der Waals surface area contributed by atoms with E-state index in [2.05, 4.69) is 81.5 Å². The number of esters is 3. The molecule has 0 aromatic carbocycles. The monoisotopic (exact) mass is 993 g/mol. The van der Waals surface area contributed by atoms with Crippen LogP contribution in [0.25, 0.3) is 0 Å². The van der Waals surface area contributed by atoms with Gasteiger partial charge in [0.15, 0.2) is 6.10 Å². The molecule has 0 aliphatic carbocycles. The molecule has 0 heterocycles. The quantitative estimate of drug-likeness (QED) is 0.0261. The Hall–Kier alpha value is -2.89. The van der Waals surface area contributed by atoms with Crippen LogP contribution >= 0.6 is 0 Å². The minimum Gasteiger partial charge on any atom is -0.462 e. The summed E-state index contributed by atoms with van der Waals surface area (Å²) in [6, 6.07) is 0. The molecule has 0 radical (unpaired) electrons. The zero-order valence-electron chi connectivity index (χ0n) is 47.2. The third-order valence-electron chi connectivity index (χ3n) is 13.5. The lowest BCUT2D eigenvalue weighted by atomic mass is 10.0. The van der Waals surface area contributed by atoms with Gasteiger partial charge in [0.1, 0.15) is 13.2 Å². The van der Waals surface area contributed by atoms with E-state index in [1.54, 1.807) is 0 Å². The summed E-state index contributed by atoms with van der Waals surface area (Å²) in [7, 11) is 0.